The minimum absolute atomic E-state index is 0.0648. The van der Waals surface area contributed by atoms with E-state index < -0.39 is 50.9 Å². The molecule has 0 bridgehead atoms. The quantitative estimate of drug-likeness (QED) is 0.112. The number of halogens is 5. The number of nitrogens with two attached hydrogens (primary N) is 1. The van der Waals surface area contributed by atoms with Crippen LogP contribution in [0.15, 0.2) is 35.8 Å². The largest absolute Gasteiger partial charge is 0.396 e. The van der Waals surface area contributed by atoms with E-state index >= 15 is 8.78 Å². The molecule has 0 unspecified atom stereocenters. The lowest BCUT2D eigenvalue weighted by molar-refractivity contribution is -0.126. The van der Waals surface area contributed by atoms with E-state index in [4.69, 9.17) is 17.3 Å². The third-order valence-corrected chi connectivity index (χ3v) is 7.66. The van der Waals surface area contributed by atoms with Crippen molar-refractivity contribution in [3.8, 4) is 16.9 Å². The van der Waals surface area contributed by atoms with Gasteiger partial charge in [0.05, 0.1) is 28.0 Å². The number of carbonyl (C=O) groups is 1. The molecule has 1 aliphatic rings. The van der Waals surface area contributed by atoms with Gasteiger partial charge in [-0.25, -0.2) is 31.9 Å². The van der Waals surface area contributed by atoms with Crippen molar-refractivity contribution in [1.82, 2.24) is 24.4 Å². The molecule has 5 rings (SSSR count). The van der Waals surface area contributed by atoms with Gasteiger partial charge in [0, 0.05) is 32.4 Å². The fourth-order valence-corrected chi connectivity index (χ4v) is 5.33. The number of aromatic nitrogens is 4. The van der Waals surface area contributed by atoms with E-state index in [1.54, 1.807) is 29.0 Å². The number of amides is 1. The van der Waals surface area contributed by atoms with Gasteiger partial charge in [-0.05, 0) is 36.6 Å². The Kier molecular flexibility index (Phi) is 7.86. The third-order valence-electron chi connectivity index (χ3n) is 7.33. The van der Waals surface area contributed by atoms with Crippen LogP contribution in [0.4, 0.5) is 29.1 Å². The predicted molar refractivity (Wildman–Crippen MR) is 155 cm³/mol. The van der Waals surface area contributed by atoms with Crippen molar-refractivity contribution < 1.29 is 22.4 Å². The first-order valence-electron chi connectivity index (χ1n) is 13.2. The van der Waals surface area contributed by atoms with Gasteiger partial charge in [0.25, 0.3) is 0 Å². The van der Waals surface area contributed by atoms with Crippen molar-refractivity contribution in [2.24, 2.45) is 0 Å². The SMILES string of the molecule is C=CC(=O)N1CCN(c2nc(=O)n(-c3c(C)ccnc3C(C)C)c3nc(-c4c(N)c(F)c(F)c(Cl)c4F)c(F)cc23)CC1. The van der Waals surface area contributed by atoms with E-state index in [1.165, 1.54) is 6.08 Å². The smallest absolute Gasteiger partial charge is 0.355 e. The Hall–Kier alpha value is -4.52. The van der Waals surface area contributed by atoms with E-state index in [2.05, 4.69) is 21.5 Å². The number of aryl methyl sites for hydroxylation is 1. The molecule has 0 saturated carbocycles. The Bertz CT molecular complexity index is 1840. The summed E-state index contributed by atoms with van der Waals surface area (Å²) in [6.45, 7) is 10.0. The lowest BCUT2D eigenvalue weighted by atomic mass is 10.0. The normalized spacial score (nSPS) is 13.7. The summed E-state index contributed by atoms with van der Waals surface area (Å²) in [6, 6.07) is 2.65. The van der Waals surface area contributed by atoms with Crippen molar-refractivity contribution in [2.75, 3.05) is 36.8 Å². The molecule has 9 nitrogen and oxygen atoms in total. The van der Waals surface area contributed by atoms with Crippen LogP contribution in [0, 0.1) is 30.2 Å². The Morgan fingerprint density at radius 1 is 1.09 bits per heavy atom. The van der Waals surface area contributed by atoms with Gasteiger partial charge in [-0.3, -0.25) is 9.78 Å². The van der Waals surface area contributed by atoms with E-state index in [9.17, 15) is 18.4 Å². The number of rotatable bonds is 5. The molecule has 0 spiro atoms. The zero-order valence-corrected chi connectivity index (χ0v) is 24.1. The molecule has 0 aliphatic carbocycles. The average Bonchev–Trinajstić information content (AvgIpc) is 2.99. The lowest BCUT2D eigenvalue weighted by Gasteiger charge is -2.35. The molecule has 3 aromatic heterocycles. The number of anilines is 2. The molecular formula is C29H26ClF4N7O2. The topological polar surface area (TPSA) is 110 Å². The van der Waals surface area contributed by atoms with Crippen LogP contribution in [0.25, 0.3) is 28.0 Å². The Morgan fingerprint density at radius 3 is 2.40 bits per heavy atom. The number of hydrogen-bond acceptors (Lipinski definition) is 7. The van der Waals surface area contributed by atoms with Gasteiger partial charge in [0.15, 0.2) is 28.9 Å². The number of piperazine rings is 1. The van der Waals surface area contributed by atoms with E-state index in [0.717, 1.165) is 10.6 Å². The number of benzene rings is 1. The number of hydrogen-bond donors (Lipinski definition) is 1. The van der Waals surface area contributed by atoms with Crippen LogP contribution in [-0.4, -0.2) is 56.5 Å². The second-order valence-electron chi connectivity index (χ2n) is 10.3. The second kappa shape index (κ2) is 11.3. The van der Waals surface area contributed by atoms with Crippen LogP contribution in [0.1, 0.15) is 31.0 Å². The second-order valence-corrected chi connectivity index (χ2v) is 10.7. The molecule has 1 saturated heterocycles. The van der Waals surface area contributed by atoms with Crippen molar-refractivity contribution in [3.63, 3.8) is 0 Å². The fraction of sp³-hybridized carbons (Fsp3) is 0.276. The molecule has 1 amide bonds. The maximum absolute atomic E-state index is 15.9. The monoisotopic (exact) mass is 615 g/mol. The average molecular weight is 616 g/mol. The van der Waals surface area contributed by atoms with Gasteiger partial charge in [-0.2, -0.15) is 4.98 Å². The fourth-order valence-electron chi connectivity index (χ4n) is 5.16. The van der Waals surface area contributed by atoms with Crippen molar-refractivity contribution >= 4 is 40.0 Å². The number of fused-ring (bicyclic) bond motifs is 1. The molecule has 1 aliphatic heterocycles. The van der Waals surface area contributed by atoms with Gasteiger partial charge in [0.1, 0.15) is 16.5 Å². The zero-order valence-electron chi connectivity index (χ0n) is 23.4. The number of pyridine rings is 2. The summed E-state index contributed by atoms with van der Waals surface area (Å²) in [7, 11) is 0. The van der Waals surface area contributed by atoms with Gasteiger partial charge in [0.2, 0.25) is 5.91 Å². The Balaban J connectivity index is 1.85. The van der Waals surface area contributed by atoms with Gasteiger partial charge >= 0.3 is 5.69 Å². The van der Waals surface area contributed by atoms with Crippen LogP contribution in [-0.2, 0) is 4.79 Å². The highest BCUT2D eigenvalue weighted by Gasteiger charge is 2.30. The first-order valence-corrected chi connectivity index (χ1v) is 13.6. The summed E-state index contributed by atoms with van der Waals surface area (Å²) < 4.78 is 60.9. The third kappa shape index (κ3) is 4.97. The van der Waals surface area contributed by atoms with Gasteiger partial charge in [-0.15, -0.1) is 0 Å². The van der Waals surface area contributed by atoms with Gasteiger partial charge in [-0.1, -0.05) is 32.0 Å². The van der Waals surface area contributed by atoms with E-state index in [-0.39, 0.29) is 54.9 Å². The van der Waals surface area contributed by atoms with Crippen LogP contribution < -0.4 is 16.3 Å². The standard InChI is InChI=1S/C29H26ClF4N7O2/c1-5-17(42)39-8-10-40(11-9-39)27-15-12-16(31)25(18-20(32)19(30)21(33)22(34)23(18)35)37-28(15)41(29(43)38-27)26-14(4)6-7-36-24(26)13(2)3/h5-7,12-13H,1,8-11,35H2,2-4H3. The minimum Gasteiger partial charge on any atom is -0.396 e. The molecule has 4 heterocycles. The Labute approximate surface area is 248 Å². The molecule has 2 N–H and O–H groups in total. The van der Waals surface area contributed by atoms with Crippen LogP contribution >= 0.6 is 11.6 Å². The van der Waals surface area contributed by atoms with E-state index in [1.807, 2.05) is 13.8 Å². The first kappa shape index (κ1) is 30.0. The summed E-state index contributed by atoms with van der Waals surface area (Å²) in [4.78, 5) is 42.2. The van der Waals surface area contributed by atoms with Crippen molar-refractivity contribution in [2.45, 2.75) is 26.7 Å². The highest BCUT2D eigenvalue weighted by Crippen LogP contribution is 2.39. The zero-order chi connectivity index (χ0) is 31.3. The maximum atomic E-state index is 15.9. The molecule has 0 atom stereocenters. The number of carbonyl (C=O) groups excluding carboxylic acids is 1. The number of nitrogens with zero attached hydrogens (tertiary/aromatic N) is 6. The Morgan fingerprint density at radius 2 is 1.77 bits per heavy atom. The van der Waals surface area contributed by atoms with E-state index in [0.29, 0.717) is 16.9 Å². The molecular weight excluding hydrogens is 590 g/mol. The highest BCUT2D eigenvalue weighted by molar-refractivity contribution is 6.31. The molecule has 14 heteroatoms. The molecule has 1 fully saturated rings. The first-order chi connectivity index (χ1) is 20.4. The summed E-state index contributed by atoms with van der Waals surface area (Å²) >= 11 is 5.67. The summed E-state index contributed by atoms with van der Waals surface area (Å²) in [6.07, 6.45) is 2.77. The minimum atomic E-state index is -1.73. The highest BCUT2D eigenvalue weighted by atomic mass is 35.5. The van der Waals surface area contributed by atoms with Crippen LogP contribution in [0.3, 0.4) is 0 Å². The molecule has 224 valence electrons. The summed E-state index contributed by atoms with van der Waals surface area (Å²) in [5, 5.41) is -1.16. The van der Waals surface area contributed by atoms with Gasteiger partial charge < -0.3 is 15.5 Å². The lowest BCUT2D eigenvalue weighted by Crippen LogP contribution is -2.49. The van der Waals surface area contributed by atoms with Crippen molar-refractivity contribution in [3.05, 3.63) is 81.0 Å². The summed E-state index contributed by atoms with van der Waals surface area (Å²) in [5.74, 6) is -6.44. The van der Waals surface area contributed by atoms with Crippen LogP contribution in [0.5, 0.6) is 0 Å². The number of nitrogen functional groups attached to an aromatic ring is 1. The van der Waals surface area contributed by atoms with Crippen LogP contribution in [0.2, 0.25) is 5.02 Å². The molecule has 1 aromatic carbocycles. The molecule has 4 aromatic rings. The molecule has 43 heavy (non-hydrogen) atoms. The molecule has 0 radical (unpaired) electrons. The van der Waals surface area contributed by atoms with Crippen molar-refractivity contribution in [1.29, 1.82) is 0 Å². The predicted octanol–water partition coefficient (Wildman–Crippen LogP) is 4.90. The maximum Gasteiger partial charge on any atom is 0.355 e. The summed E-state index contributed by atoms with van der Waals surface area (Å²) in [5.41, 5.74) is 3.46.